The quantitative estimate of drug-likeness (QED) is 0.108. The molecule has 0 aliphatic rings. The zero-order valence-corrected chi connectivity index (χ0v) is 31.9. The van der Waals surface area contributed by atoms with Gasteiger partial charge in [-0.15, -0.1) is 5.10 Å². The van der Waals surface area contributed by atoms with E-state index < -0.39 is 5.54 Å². The van der Waals surface area contributed by atoms with Crippen molar-refractivity contribution < 1.29 is 4.42 Å². The Balaban J connectivity index is 1.20. The topological polar surface area (TPSA) is 115 Å². The van der Waals surface area contributed by atoms with Gasteiger partial charge in [0.1, 0.15) is 23.2 Å². The highest BCUT2D eigenvalue weighted by Crippen LogP contribution is 2.43. The molecule has 280 valence electrons. The normalized spacial score (nSPS) is 11.4. The molecule has 9 heteroatoms. The molecule has 3 heterocycles. The van der Waals surface area contributed by atoms with E-state index in [1.54, 1.807) is 10.6 Å². The number of hydrogen-bond donors (Lipinski definition) is 0. The largest absolute Gasteiger partial charge is 0.466 e. The van der Waals surface area contributed by atoms with E-state index in [0.29, 0.717) is 41.4 Å². The Kier molecular flexibility index (Phi) is 10.5. The van der Waals surface area contributed by atoms with E-state index in [4.69, 9.17) is 19.7 Å². The van der Waals surface area contributed by atoms with Crippen molar-refractivity contribution in [1.82, 2.24) is 29.8 Å². The number of nitrogens with zero attached hydrogens (tertiary/aromatic N) is 7. The maximum Gasteiger partial charge on any atom is 0.257 e. The molecule has 0 aliphatic carbocycles. The van der Waals surface area contributed by atoms with Crippen molar-refractivity contribution in [2.75, 3.05) is 0 Å². The van der Waals surface area contributed by atoms with Gasteiger partial charge in [-0.05, 0) is 69.6 Å². The highest BCUT2D eigenvalue weighted by Gasteiger charge is 2.42. The van der Waals surface area contributed by atoms with E-state index in [9.17, 15) is 10.1 Å². The lowest BCUT2D eigenvalue weighted by atomic mass is 9.77. The van der Waals surface area contributed by atoms with Crippen LogP contribution in [0.1, 0.15) is 70.4 Å². The van der Waals surface area contributed by atoms with Crippen molar-refractivity contribution >= 4 is 0 Å². The lowest BCUT2D eigenvalue weighted by Gasteiger charge is -2.36. The third-order valence-corrected chi connectivity index (χ3v) is 10.6. The van der Waals surface area contributed by atoms with Crippen LogP contribution in [0.5, 0.6) is 0 Å². The zero-order chi connectivity index (χ0) is 39.2. The van der Waals surface area contributed by atoms with Crippen LogP contribution in [0.4, 0.5) is 0 Å². The molecule has 0 saturated heterocycles. The van der Waals surface area contributed by atoms with Crippen LogP contribution in [0, 0.1) is 18.3 Å². The molecule has 8 rings (SSSR count). The summed E-state index contributed by atoms with van der Waals surface area (Å²) >= 11 is 0. The fourth-order valence-corrected chi connectivity index (χ4v) is 7.80. The number of hydrogen-bond acceptors (Lipinski definition) is 7. The Morgan fingerprint density at radius 2 is 1.35 bits per heavy atom. The van der Waals surface area contributed by atoms with Crippen LogP contribution >= 0.6 is 0 Å². The molecule has 0 bridgehead atoms. The molecule has 3 aromatic heterocycles. The Morgan fingerprint density at radius 3 is 1.95 bits per heavy atom. The van der Waals surface area contributed by atoms with Gasteiger partial charge in [-0.25, -0.2) is 9.67 Å². The van der Waals surface area contributed by atoms with Crippen molar-refractivity contribution in [3.8, 4) is 28.6 Å². The van der Waals surface area contributed by atoms with Crippen LogP contribution < -0.4 is 5.56 Å². The predicted octanol–water partition coefficient (Wildman–Crippen LogP) is 9.16. The maximum atomic E-state index is 14.2. The first-order valence-corrected chi connectivity index (χ1v) is 19.2. The lowest BCUT2D eigenvalue weighted by Crippen LogP contribution is -2.39. The summed E-state index contributed by atoms with van der Waals surface area (Å²) in [6.07, 6.45) is 4.52. The third-order valence-electron chi connectivity index (χ3n) is 10.6. The first-order valence-electron chi connectivity index (χ1n) is 19.2. The summed E-state index contributed by atoms with van der Waals surface area (Å²) < 4.78 is 9.15. The summed E-state index contributed by atoms with van der Waals surface area (Å²) in [4.78, 5) is 19.1. The molecule has 9 nitrogen and oxygen atoms in total. The molecule has 0 aliphatic heterocycles. The summed E-state index contributed by atoms with van der Waals surface area (Å²) in [6.45, 7) is 4.11. The Labute approximate surface area is 331 Å². The summed E-state index contributed by atoms with van der Waals surface area (Å²) in [5.74, 6) is 1.66. The first kappa shape index (κ1) is 36.8. The Hall–Kier alpha value is -7.18. The molecule has 8 aromatic rings. The van der Waals surface area contributed by atoms with Crippen LogP contribution in [-0.2, 0) is 24.9 Å². The number of aromatic nitrogens is 6. The second-order valence-corrected chi connectivity index (χ2v) is 14.1. The molecule has 0 saturated carbocycles. The van der Waals surface area contributed by atoms with Crippen molar-refractivity contribution in [2.45, 2.75) is 51.6 Å². The molecular formula is C48H41N7O2. The van der Waals surface area contributed by atoms with Crippen molar-refractivity contribution in [2.24, 2.45) is 0 Å². The number of tetrazole rings is 1. The highest BCUT2D eigenvalue weighted by atomic mass is 16.3. The third kappa shape index (κ3) is 6.98. The van der Waals surface area contributed by atoms with E-state index in [1.165, 1.54) is 6.26 Å². The van der Waals surface area contributed by atoms with Crippen molar-refractivity contribution in [3.05, 3.63) is 213 Å². The van der Waals surface area contributed by atoms with Gasteiger partial charge in [-0.2, -0.15) is 5.26 Å². The molecule has 0 atom stereocenters. The van der Waals surface area contributed by atoms with Gasteiger partial charge < -0.3 is 4.42 Å². The van der Waals surface area contributed by atoms with E-state index in [-0.39, 0.29) is 12.1 Å². The molecule has 0 fully saturated rings. The molecule has 0 N–H and O–H groups in total. The number of aryl methyl sites for hydroxylation is 2. The summed E-state index contributed by atoms with van der Waals surface area (Å²) in [5, 5.41) is 23.4. The second-order valence-electron chi connectivity index (χ2n) is 14.1. The van der Waals surface area contributed by atoms with Gasteiger partial charge in [0.05, 0.1) is 24.1 Å². The van der Waals surface area contributed by atoms with Gasteiger partial charge in [0.2, 0.25) is 0 Å². The monoisotopic (exact) mass is 747 g/mol. The van der Waals surface area contributed by atoms with Crippen molar-refractivity contribution in [1.29, 1.82) is 5.26 Å². The highest BCUT2D eigenvalue weighted by molar-refractivity contribution is 5.81. The van der Waals surface area contributed by atoms with E-state index in [1.807, 2.05) is 78.3 Å². The first-order chi connectivity index (χ1) is 28.0. The maximum absolute atomic E-state index is 14.2. The number of benzene rings is 5. The molecule has 57 heavy (non-hydrogen) atoms. The standard InChI is InChI=1S/C48H41N7O2/c1-3-4-24-44-43(47(56)54(34(2)50-44)33-45-37(32-49)29-30-57-45)31-35-25-27-36(28-26-35)41-22-14-15-23-42(41)46-51-52-53-55(46)48(38-16-8-5-9-17-38,39-18-10-6-11-19-39)40-20-12-7-13-21-40/h5-23,25-30H,3-4,24,31,33H2,1-2H3. The number of unbranched alkanes of at least 4 members (excludes halogenated alkanes) is 1. The van der Waals surface area contributed by atoms with Crippen LogP contribution in [0.15, 0.2) is 161 Å². The fourth-order valence-electron chi connectivity index (χ4n) is 7.80. The van der Waals surface area contributed by atoms with Crippen LogP contribution in [0.3, 0.4) is 0 Å². The summed E-state index contributed by atoms with van der Waals surface area (Å²) in [5.41, 5.74) is 7.77. The van der Waals surface area contributed by atoms with E-state index in [0.717, 1.165) is 57.5 Å². The minimum Gasteiger partial charge on any atom is -0.466 e. The Morgan fingerprint density at radius 1 is 0.754 bits per heavy atom. The summed E-state index contributed by atoms with van der Waals surface area (Å²) in [6, 6.07) is 51.4. The second kappa shape index (κ2) is 16.3. The SMILES string of the molecule is CCCCc1nc(C)n(Cc2occc2C#N)c(=O)c1Cc1ccc(-c2ccccc2-c2nnnn2C(c2ccccc2)(c2ccccc2)c2ccccc2)cc1. The van der Waals surface area contributed by atoms with Crippen LogP contribution in [-0.4, -0.2) is 29.8 Å². The predicted molar refractivity (Wildman–Crippen MR) is 220 cm³/mol. The number of furan rings is 1. The van der Waals surface area contributed by atoms with Gasteiger partial charge in [-0.3, -0.25) is 9.36 Å². The Bertz CT molecular complexity index is 2610. The molecule has 0 spiro atoms. The number of rotatable bonds is 13. The minimum absolute atomic E-state index is 0.117. The number of nitriles is 1. The average Bonchev–Trinajstić information content (AvgIpc) is 3.95. The molecule has 0 amide bonds. The fraction of sp³-hybridized carbons (Fsp3) is 0.167. The van der Waals surface area contributed by atoms with Crippen LogP contribution in [0.2, 0.25) is 0 Å². The lowest BCUT2D eigenvalue weighted by molar-refractivity contribution is 0.451. The molecular weight excluding hydrogens is 707 g/mol. The van der Waals surface area contributed by atoms with Crippen molar-refractivity contribution in [3.63, 3.8) is 0 Å². The van der Waals surface area contributed by atoms with Gasteiger partial charge in [0.15, 0.2) is 5.82 Å². The van der Waals surface area contributed by atoms with E-state index >= 15 is 0 Å². The van der Waals surface area contributed by atoms with Gasteiger partial charge in [0.25, 0.3) is 5.56 Å². The minimum atomic E-state index is -0.892. The van der Waals surface area contributed by atoms with E-state index in [2.05, 4.69) is 91.0 Å². The molecule has 5 aromatic carbocycles. The molecule has 0 radical (unpaired) electrons. The summed E-state index contributed by atoms with van der Waals surface area (Å²) in [7, 11) is 0. The van der Waals surface area contributed by atoms with Gasteiger partial charge in [-0.1, -0.05) is 153 Å². The average molecular weight is 748 g/mol. The van der Waals surface area contributed by atoms with Crippen LogP contribution in [0.25, 0.3) is 22.5 Å². The van der Waals surface area contributed by atoms with Gasteiger partial charge in [0, 0.05) is 17.5 Å². The smallest absolute Gasteiger partial charge is 0.257 e. The van der Waals surface area contributed by atoms with Gasteiger partial charge >= 0.3 is 0 Å². The molecule has 0 unspecified atom stereocenters. The zero-order valence-electron chi connectivity index (χ0n) is 31.9.